The van der Waals surface area contributed by atoms with Gasteiger partial charge < -0.3 is 4.57 Å². The predicted octanol–water partition coefficient (Wildman–Crippen LogP) is 2.46. The van der Waals surface area contributed by atoms with Crippen LogP contribution in [0.25, 0.3) is 0 Å². The number of hydrogen-bond acceptors (Lipinski definition) is 2. The molecule has 3 fully saturated rings. The van der Waals surface area contributed by atoms with Crippen molar-refractivity contribution in [3.8, 4) is 0 Å². The van der Waals surface area contributed by atoms with Crippen LogP contribution < -0.4 is 5.56 Å². The molecule has 5 rings (SSSR count). The summed E-state index contributed by atoms with van der Waals surface area (Å²) in [7, 11) is 0. The van der Waals surface area contributed by atoms with Crippen molar-refractivity contribution in [3.05, 3.63) is 34.2 Å². The lowest BCUT2D eigenvalue weighted by Crippen LogP contribution is -2.51. The summed E-state index contributed by atoms with van der Waals surface area (Å²) in [6.45, 7) is 3.36. The SMILES string of the molecule is O=c1cccc2n1CC1CC2CN(C2CC3CCC2C3)C1. The second-order valence-corrected chi connectivity index (χ2v) is 7.89. The number of pyridine rings is 1. The molecule has 1 aromatic heterocycles. The highest BCUT2D eigenvalue weighted by Crippen LogP contribution is 2.48. The lowest BCUT2D eigenvalue weighted by molar-refractivity contribution is 0.0570. The molecule has 0 amide bonds. The lowest BCUT2D eigenvalue weighted by Gasteiger charge is -2.46. The van der Waals surface area contributed by atoms with Crippen LogP contribution in [0, 0.1) is 17.8 Å². The number of rotatable bonds is 1. The number of aromatic nitrogens is 1. The lowest BCUT2D eigenvalue weighted by atomic mass is 9.81. The van der Waals surface area contributed by atoms with Crippen LogP contribution in [0.2, 0.25) is 0 Å². The molecular weight excluding hydrogens is 260 g/mol. The van der Waals surface area contributed by atoms with Gasteiger partial charge in [0.05, 0.1) is 0 Å². The standard InChI is InChI=1S/C18H24N2O/c21-18-3-1-2-16-15-7-13(10-20(16)18)9-19(11-15)17-8-12-4-5-14(17)6-12/h1-3,12-15,17H,4-11H2. The molecule has 3 heterocycles. The van der Waals surface area contributed by atoms with Gasteiger partial charge in [0.15, 0.2) is 0 Å². The summed E-state index contributed by atoms with van der Waals surface area (Å²) in [6, 6.07) is 6.71. The Morgan fingerprint density at radius 2 is 1.90 bits per heavy atom. The van der Waals surface area contributed by atoms with E-state index >= 15 is 0 Å². The summed E-state index contributed by atoms with van der Waals surface area (Å²) in [5.41, 5.74) is 1.50. The second kappa shape index (κ2) is 4.45. The minimum atomic E-state index is 0.204. The van der Waals surface area contributed by atoms with Crippen LogP contribution in [-0.2, 0) is 6.54 Å². The van der Waals surface area contributed by atoms with Gasteiger partial charge in [0, 0.05) is 43.4 Å². The molecule has 5 unspecified atom stereocenters. The molecule has 3 nitrogen and oxygen atoms in total. The number of fused-ring (bicyclic) bond motifs is 6. The highest BCUT2D eigenvalue weighted by atomic mass is 16.1. The van der Waals surface area contributed by atoms with Crippen LogP contribution in [-0.4, -0.2) is 28.6 Å². The number of nitrogens with zero attached hydrogens (tertiary/aromatic N) is 2. The van der Waals surface area contributed by atoms with E-state index in [2.05, 4.69) is 15.5 Å². The van der Waals surface area contributed by atoms with Crippen LogP contribution in [0.1, 0.15) is 43.7 Å². The van der Waals surface area contributed by atoms with Crippen molar-refractivity contribution in [3.63, 3.8) is 0 Å². The molecule has 2 saturated carbocycles. The Morgan fingerprint density at radius 1 is 0.952 bits per heavy atom. The average Bonchev–Trinajstić information content (AvgIpc) is 3.11. The molecule has 112 valence electrons. The van der Waals surface area contributed by atoms with E-state index in [0.717, 1.165) is 24.4 Å². The van der Waals surface area contributed by atoms with E-state index in [0.29, 0.717) is 11.8 Å². The van der Waals surface area contributed by atoms with Crippen molar-refractivity contribution >= 4 is 0 Å². The maximum Gasteiger partial charge on any atom is 0.250 e. The molecule has 0 radical (unpaired) electrons. The Kier molecular flexibility index (Phi) is 2.64. The summed E-state index contributed by atoms with van der Waals surface area (Å²) >= 11 is 0. The maximum absolute atomic E-state index is 12.1. The van der Waals surface area contributed by atoms with Gasteiger partial charge in [0.2, 0.25) is 0 Å². The summed E-state index contributed by atoms with van der Waals surface area (Å²) in [4.78, 5) is 14.9. The van der Waals surface area contributed by atoms with E-state index in [9.17, 15) is 4.79 Å². The van der Waals surface area contributed by atoms with Gasteiger partial charge in [-0.2, -0.15) is 0 Å². The van der Waals surface area contributed by atoms with E-state index < -0.39 is 0 Å². The molecule has 2 aliphatic heterocycles. The molecule has 0 aromatic carbocycles. The van der Waals surface area contributed by atoms with Crippen molar-refractivity contribution < 1.29 is 0 Å². The smallest absolute Gasteiger partial charge is 0.250 e. The zero-order valence-electron chi connectivity index (χ0n) is 12.6. The third-order valence-electron chi connectivity index (χ3n) is 6.68. The van der Waals surface area contributed by atoms with Gasteiger partial charge in [-0.25, -0.2) is 0 Å². The van der Waals surface area contributed by atoms with Crippen LogP contribution in [0.15, 0.2) is 23.0 Å². The zero-order valence-corrected chi connectivity index (χ0v) is 12.6. The average molecular weight is 284 g/mol. The van der Waals surface area contributed by atoms with Crippen LogP contribution >= 0.6 is 0 Å². The van der Waals surface area contributed by atoms with Crippen LogP contribution in [0.4, 0.5) is 0 Å². The fourth-order valence-electron chi connectivity index (χ4n) is 5.86. The Bertz CT molecular complexity index is 622. The highest BCUT2D eigenvalue weighted by molar-refractivity contribution is 5.17. The number of hydrogen-bond donors (Lipinski definition) is 0. The van der Waals surface area contributed by atoms with Gasteiger partial charge in [-0.15, -0.1) is 0 Å². The van der Waals surface area contributed by atoms with Crippen molar-refractivity contribution in [1.82, 2.24) is 9.47 Å². The van der Waals surface area contributed by atoms with Crippen LogP contribution in [0.3, 0.4) is 0 Å². The largest absolute Gasteiger partial charge is 0.312 e. The van der Waals surface area contributed by atoms with E-state index in [1.807, 2.05) is 6.07 Å². The normalized spacial score (nSPS) is 41.2. The van der Waals surface area contributed by atoms with Crippen molar-refractivity contribution in [2.75, 3.05) is 13.1 Å². The first kappa shape index (κ1) is 12.5. The Labute approximate surface area is 126 Å². The van der Waals surface area contributed by atoms with Gasteiger partial charge in [-0.1, -0.05) is 12.5 Å². The Balaban J connectivity index is 1.44. The first-order chi connectivity index (χ1) is 10.3. The van der Waals surface area contributed by atoms with Gasteiger partial charge in [0.25, 0.3) is 5.56 Å². The van der Waals surface area contributed by atoms with Crippen molar-refractivity contribution in [2.24, 2.45) is 17.8 Å². The molecule has 0 N–H and O–H groups in total. The van der Waals surface area contributed by atoms with Gasteiger partial charge in [-0.3, -0.25) is 9.69 Å². The van der Waals surface area contributed by atoms with Gasteiger partial charge in [-0.05, 0) is 49.5 Å². The van der Waals surface area contributed by atoms with Gasteiger partial charge >= 0.3 is 0 Å². The Hall–Kier alpha value is -1.09. The van der Waals surface area contributed by atoms with E-state index in [4.69, 9.17) is 0 Å². The van der Waals surface area contributed by atoms with Crippen LogP contribution in [0.5, 0.6) is 0 Å². The molecule has 4 aliphatic rings. The molecule has 4 bridgehead atoms. The molecule has 0 spiro atoms. The molecule has 1 saturated heterocycles. The zero-order chi connectivity index (χ0) is 14.0. The third-order valence-corrected chi connectivity index (χ3v) is 6.68. The van der Waals surface area contributed by atoms with E-state index in [1.165, 1.54) is 50.9 Å². The molecule has 2 aliphatic carbocycles. The van der Waals surface area contributed by atoms with E-state index in [1.54, 1.807) is 6.07 Å². The maximum atomic E-state index is 12.1. The fraction of sp³-hybridized carbons (Fsp3) is 0.722. The minimum absolute atomic E-state index is 0.204. The quantitative estimate of drug-likeness (QED) is 0.791. The minimum Gasteiger partial charge on any atom is -0.312 e. The predicted molar refractivity (Wildman–Crippen MR) is 82.4 cm³/mol. The first-order valence-corrected chi connectivity index (χ1v) is 8.71. The highest BCUT2D eigenvalue weighted by Gasteiger charge is 2.45. The monoisotopic (exact) mass is 284 g/mol. The first-order valence-electron chi connectivity index (χ1n) is 8.71. The van der Waals surface area contributed by atoms with Gasteiger partial charge in [0.1, 0.15) is 0 Å². The topological polar surface area (TPSA) is 25.2 Å². The van der Waals surface area contributed by atoms with Crippen molar-refractivity contribution in [1.29, 1.82) is 0 Å². The molecule has 21 heavy (non-hydrogen) atoms. The van der Waals surface area contributed by atoms with Crippen molar-refractivity contribution in [2.45, 2.75) is 50.6 Å². The molecular formula is C18H24N2O. The Morgan fingerprint density at radius 3 is 2.71 bits per heavy atom. The molecule has 1 aromatic rings. The molecule has 3 heteroatoms. The summed E-state index contributed by atoms with van der Waals surface area (Å²) < 4.78 is 2.05. The summed E-state index contributed by atoms with van der Waals surface area (Å²) in [5.74, 6) is 3.28. The number of piperidine rings is 1. The summed E-state index contributed by atoms with van der Waals surface area (Å²) in [6.07, 6.45) is 7.19. The fourth-order valence-corrected chi connectivity index (χ4v) is 5.86. The molecule has 5 atom stereocenters. The van der Waals surface area contributed by atoms with E-state index in [-0.39, 0.29) is 5.56 Å². The number of likely N-dealkylation sites (tertiary alicyclic amines) is 1. The second-order valence-electron chi connectivity index (χ2n) is 7.89. The third kappa shape index (κ3) is 1.86. The summed E-state index contributed by atoms with van der Waals surface area (Å²) in [5, 5.41) is 0.